The standard InChI is InChI=1S/C18H22N2O2/c1-14(22-17-7-5-4-6-8-17)18(21)19-13-15-9-11-16(12-10-15)20(2)3/h4-12,14H,13H2,1-3H3,(H,19,21). The van der Waals surface area contributed by atoms with E-state index in [-0.39, 0.29) is 5.91 Å². The summed E-state index contributed by atoms with van der Waals surface area (Å²) in [5.41, 5.74) is 2.20. The number of rotatable bonds is 6. The number of hydrogen-bond acceptors (Lipinski definition) is 3. The summed E-state index contributed by atoms with van der Waals surface area (Å²) in [5.74, 6) is 0.570. The molecule has 0 aliphatic rings. The van der Waals surface area contributed by atoms with Gasteiger partial charge in [0.15, 0.2) is 6.10 Å². The molecule has 1 N–H and O–H groups in total. The molecule has 2 aromatic carbocycles. The molecule has 0 saturated carbocycles. The van der Waals surface area contributed by atoms with Crippen molar-refractivity contribution in [2.24, 2.45) is 0 Å². The van der Waals surface area contributed by atoms with Crippen LogP contribution in [0.15, 0.2) is 54.6 Å². The summed E-state index contributed by atoms with van der Waals surface area (Å²) in [6.45, 7) is 2.24. The van der Waals surface area contributed by atoms with Crippen LogP contribution in [0.2, 0.25) is 0 Å². The van der Waals surface area contributed by atoms with Gasteiger partial charge in [-0.1, -0.05) is 30.3 Å². The zero-order chi connectivity index (χ0) is 15.9. The Morgan fingerprint density at radius 3 is 2.32 bits per heavy atom. The van der Waals surface area contributed by atoms with Gasteiger partial charge in [0.1, 0.15) is 5.75 Å². The third-order valence-electron chi connectivity index (χ3n) is 3.34. The van der Waals surface area contributed by atoms with E-state index in [1.165, 1.54) is 0 Å². The lowest BCUT2D eigenvalue weighted by Crippen LogP contribution is -2.35. The van der Waals surface area contributed by atoms with E-state index in [2.05, 4.69) is 5.32 Å². The number of amides is 1. The Hall–Kier alpha value is -2.49. The van der Waals surface area contributed by atoms with Crippen LogP contribution in [-0.4, -0.2) is 26.1 Å². The molecule has 0 aliphatic carbocycles. The number of nitrogens with zero attached hydrogens (tertiary/aromatic N) is 1. The molecule has 1 atom stereocenters. The van der Waals surface area contributed by atoms with Gasteiger partial charge in [-0.2, -0.15) is 0 Å². The average molecular weight is 298 g/mol. The van der Waals surface area contributed by atoms with Crippen LogP contribution in [0.3, 0.4) is 0 Å². The highest BCUT2D eigenvalue weighted by molar-refractivity contribution is 5.80. The molecule has 4 heteroatoms. The molecule has 1 amide bonds. The molecule has 1 unspecified atom stereocenters. The number of anilines is 1. The number of carbonyl (C=O) groups excluding carboxylic acids is 1. The Bertz CT molecular complexity index is 594. The van der Waals surface area contributed by atoms with E-state index in [9.17, 15) is 4.79 Å². The molecular weight excluding hydrogens is 276 g/mol. The van der Waals surface area contributed by atoms with Crippen molar-refractivity contribution >= 4 is 11.6 Å². The Kier molecular flexibility index (Phi) is 5.42. The molecule has 2 rings (SSSR count). The van der Waals surface area contributed by atoms with Crippen molar-refractivity contribution in [1.82, 2.24) is 5.32 Å². The molecule has 0 spiro atoms. The summed E-state index contributed by atoms with van der Waals surface area (Å²) in [4.78, 5) is 14.1. The van der Waals surface area contributed by atoms with Crippen LogP contribution in [0.5, 0.6) is 5.75 Å². The van der Waals surface area contributed by atoms with Crippen molar-refractivity contribution in [3.8, 4) is 5.75 Å². The molecule has 0 bridgehead atoms. The van der Waals surface area contributed by atoms with E-state index in [4.69, 9.17) is 4.74 Å². The second kappa shape index (κ2) is 7.50. The Morgan fingerprint density at radius 2 is 1.73 bits per heavy atom. The number of hydrogen-bond donors (Lipinski definition) is 1. The summed E-state index contributed by atoms with van der Waals surface area (Å²) in [6.07, 6.45) is -0.525. The lowest BCUT2D eigenvalue weighted by atomic mass is 10.2. The lowest BCUT2D eigenvalue weighted by molar-refractivity contribution is -0.127. The first kappa shape index (κ1) is 15.9. The zero-order valence-corrected chi connectivity index (χ0v) is 13.2. The van der Waals surface area contributed by atoms with Crippen molar-refractivity contribution in [3.63, 3.8) is 0 Å². The highest BCUT2D eigenvalue weighted by atomic mass is 16.5. The fraction of sp³-hybridized carbons (Fsp3) is 0.278. The van der Waals surface area contributed by atoms with Gasteiger partial charge in [0.2, 0.25) is 0 Å². The van der Waals surface area contributed by atoms with Crippen molar-refractivity contribution in [1.29, 1.82) is 0 Å². The average Bonchev–Trinajstić information content (AvgIpc) is 2.53. The molecule has 116 valence electrons. The maximum Gasteiger partial charge on any atom is 0.261 e. The second-order valence-electron chi connectivity index (χ2n) is 5.35. The Balaban J connectivity index is 1.84. The van der Waals surface area contributed by atoms with Crippen molar-refractivity contribution in [3.05, 3.63) is 60.2 Å². The molecule has 0 aliphatic heterocycles. The Labute approximate surface area is 131 Å². The molecule has 0 aromatic heterocycles. The van der Waals surface area contributed by atoms with Crippen LogP contribution in [0.4, 0.5) is 5.69 Å². The van der Waals surface area contributed by atoms with Crippen LogP contribution < -0.4 is 15.0 Å². The summed E-state index contributed by atoms with van der Waals surface area (Å²) in [6, 6.07) is 17.4. The highest BCUT2D eigenvalue weighted by Gasteiger charge is 2.13. The monoisotopic (exact) mass is 298 g/mol. The van der Waals surface area contributed by atoms with Crippen molar-refractivity contribution in [2.75, 3.05) is 19.0 Å². The lowest BCUT2D eigenvalue weighted by Gasteiger charge is -2.15. The summed E-state index contributed by atoms with van der Waals surface area (Å²) in [7, 11) is 4.00. The maximum absolute atomic E-state index is 12.1. The molecule has 22 heavy (non-hydrogen) atoms. The number of nitrogens with one attached hydrogen (secondary N) is 1. The number of carbonyl (C=O) groups is 1. The minimum absolute atomic E-state index is 0.125. The van der Waals surface area contributed by atoms with Crippen LogP contribution in [-0.2, 0) is 11.3 Å². The predicted molar refractivity (Wildman–Crippen MR) is 89.1 cm³/mol. The van der Waals surface area contributed by atoms with Crippen LogP contribution in [0.1, 0.15) is 12.5 Å². The third-order valence-corrected chi connectivity index (χ3v) is 3.34. The van der Waals surface area contributed by atoms with Gasteiger partial charge in [-0.05, 0) is 36.8 Å². The molecule has 4 nitrogen and oxygen atoms in total. The minimum atomic E-state index is -0.525. The van der Waals surface area contributed by atoms with Gasteiger partial charge in [-0.3, -0.25) is 4.79 Å². The van der Waals surface area contributed by atoms with Gasteiger partial charge >= 0.3 is 0 Å². The molecule has 2 aromatic rings. The third kappa shape index (κ3) is 4.52. The normalized spacial score (nSPS) is 11.6. The van der Waals surface area contributed by atoms with Crippen LogP contribution >= 0.6 is 0 Å². The van der Waals surface area contributed by atoms with E-state index in [0.29, 0.717) is 12.3 Å². The van der Waals surface area contributed by atoms with Gasteiger partial charge in [0.25, 0.3) is 5.91 Å². The largest absolute Gasteiger partial charge is 0.481 e. The number of para-hydroxylation sites is 1. The first-order chi connectivity index (χ1) is 10.6. The zero-order valence-electron chi connectivity index (χ0n) is 13.2. The van der Waals surface area contributed by atoms with Crippen molar-refractivity contribution < 1.29 is 9.53 Å². The van der Waals surface area contributed by atoms with Gasteiger partial charge in [0.05, 0.1) is 0 Å². The Morgan fingerprint density at radius 1 is 1.09 bits per heavy atom. The number of benzene rings is 2. The molecule has 0 saturated heterocycles. The van der Waals surface area contributed by atoms with E-state index in [1.54, 1.807) is 6.92 Å². The highest BCUT2D eigenvalue weighted by Crippen LogP contribution is 2.13. The first-order valence-corrected chi connectivity index (χ1v) is 7.32. The fourth-order valence-corrected chi connectivity index (χ4v) is 2.00. The summed E-state index contributed by atoms with van der Waals surface area (Å²) >= 11 is 0. The van der Waals surface area contributed by atoms with Crippen LogP contribution in [0.25, 0.3) is 0 Å². The number of ether oxygens (including phenoxy) is 1. The van der Waals surface area contributed by atoms with Crippen LogP contribution in [0, 0.1) is 0 Å². The summed E-state index contributed by atoms with van der Waals surface area (Å²) < 4.78 is 5.60. The minimum Gasteiger partial charge on any atom is -0.481 e. The van der Waals surface area contributed by atoms with Gasteiger partial charge in [-0.15, -0.1) is 0 Å². The summed E-state index contributed by atoms with van der Waals surface area (Å²) in [5, 5.41) is 2.89. The SMILES string of the molecule is CC(Oc1ccccc1)C(=O)NCc1ccc(N(C)C)cc1. The van der Waals surface area contributed by atoms with E-state index >= 15 is 0 Å². The van der Waals surface area contributed by atoms with Crippen molar-refractivity contribution in [2.45, 2.75) is 19.6 Å². The van der Waals surface area contributed by atoms with E-state index in [0.717, 1.165) is 11.3 Å². The topological polar surface area (TPSA) is 41.6 Å². The van der Waals surface area contributed by atoms with E-state index < -0.39 is 6.10 Å². The molecule has 0 fully saturated rings. The molecular formula is C18H22N2O2. The van der Waals surface area contributed by atoms with Gasteiger partial charge < -0.3 is 15.0 Å². The van der Waals surface area contributed by atoms with Gasteiger partial charge in [-0.25, -0.2) is 0 Å². The second-order valence-corrected chi connectivity index (χ2v) is 5.35. The predicted octanol–water partition coefficient (Wildman–Crippen LogP) is 2.84. The maximum atomic E-state index is 12.1. The van der Waals surface area contributed by atoms with Gasteiger partial charge in [0, 0.05) is 26.3 Å². The molecule has 0 radical (unpaired) electrons. The first-order valence-electron chi connectivity index (χ1n) is 7.32. The smallest absolute Gasteiger partial charge is 0.261 e. The van der Waals surface area contributed by atoms with E-state index in [1.807, 2.05) is 73.6 Å². The fourth-order valence-electron chi connectivity index (χ4n) is 2.00. The molecule has 0 heterocycles. The quantitative estimate of drug-likeness (QED) is 0.891.